The topological polar surface area (TPSA) is 17.3 Å². The molecule has 0 radical (unpaired) electrons. The maximum absolute atomic E-state index is 5.71. The van der Waals surface area contributed by atoms with E-state index in [1.807, 2.05) is 11.3 Å². The summed E-state index contributed by atoms with van der Waals surface area (Å²) < 4.78 is 3.89. The smallest absolute Gasteiger partial charge is 0.121 e. The molecule has 3 aliphatic rings. The van der Waals surface area contributed by atoms with E-state index in [1.54, 1.807) is 0 Å². The molecule has 47 heavy (non-hydrogen) atoms. The number of allylic oxidation sites excluding steroid dienone is 3. The number of hydrogen-bond donors (Lipinski definition) is 0. The molecule has 5 aromatic carbocycles. The minimum absolute atomic E-state index is 0.0835. The van der Waals surface area contributed by atoms with Crippen LogP contribution < -0.4 is 0 Å². The Morgan fingerprint density at radius 1 is 0.723 bits per heavy atom. The molecule has 0 amide bonds. The van der Waals surface area contributed by atoms with Crippen molar-refractivity contribution in [3.05, 3.63) is 149 Å². The van der Waals surface area contributed by atoms with E-state index in [2.05, 4.69) is 140 Å². The van der Waals surface area contributed by atoms with Crippen molar-refractivity contribution in [2.75, 3.05) is 0 Å². The first-order valence-corrected chi connectivity index (χ1v) is 17.7. The molecular weight excluding hydrogens is 589 g/mol. The number of aliphatic imine (C=N–C) groups is 1. The maximum Gasteiger partial charge on any atom is 0.121 e. The van der Waals surface area contributed by atoms with Gasteiger partial charge in [0.25, 0.3) is 0 Å². The van der Waals surface area contributed by atoms with E-state index in [-0.39, 0.29) is 5.41 Å². The van der Waals surface area contributed by atoms with E-state index in [1.165, 1.54) is 82.1 Å². The van der Waals surface area contributed by atoms with Gasteiger partial charge in [-0.2, -0.15) is 0 Å². The van der Waals surface area contributed by atoms with Crippen molar-refractivity contribution in [3.8, 4) is 11.1 Å². The van der Waals surface area contributed by atoms with Crippen LogP contribution in [0, 0.1) is 0 Å². The van der Waals surface area contributed by atoms with Gasteiger partial charge in [0.05, 0.1) is 16.9 Å². The summed E-state index contributed by atoms with van der Waals surface area (Å²) in [7, 11) is 0. The molecular formula is C44H34N2S. The lowest BCUT2D eigenvalue weighted by atomic mass is 9.81. The number of hydrogen-bond acceptors (Lipinski definition) is 2. The van der Waals surface area contributed by atoms with Crippen molar-refractivity contribution in [2.45, 2.75) is 44.9 Å². The molecule has 0 saturated heterocycles. The second kappa shape index (κ2) is 10.0. The van der Waals surface area contributed by atoms with Crippen LogP contribution in [0.3, 0.4) is 0 Å². The summed E-state index contributed by atoms with van der Waals surface area (Å²) in [5.41, 5.74) is 14.2. The van der Waals surface area contributed by atoms with E-state index in [9.17, 15) is 0 Å². The van der Waals surface area contributed by atoms with Crippen molar-refractivity contribution in [3.63, 3.8) is 0 Å². The normalized spacial score (nSPS) is 18.5. The van der Waals surface area contributed by atoms with E-state index in [4.69, 9.17) is 4.99 Å². The number of thiophene rings is 1. The summed E-state index contributed by atoms with van der Waals surface area (Å²) in [6.07, 6.45) is 11.2. The largest absolute Gasteiger partial charge is 0.311 e. The van der Waals surface area contributed by atoms with Crippen LogP contribution in [0.2, 0.25) is 0 Å². The minimum atomic E-state index is -0.0835. The molecule has 3 heterocycles. The van der Waals surface area contributed by atoms with Crippen LogP contribution in [0.4, 0.5) is 5.00 Å². The molecule has 0 unspecified atom stereocenters. The van der Waals surface area contributed by atoms with Crippen molar-refractivity contribution >= 4 is 65.6 Å². The number of fused-ring (bicyclic) bond motifs is 10. The van der Waals surface area contributed by atoms with Gasteiger partial charge >= 0.3 is 0 Å². The molecule has 1 aliphatic heterocycles. The highest BCUT2D eigenvalue weighted by Gasteiger charge is 2.36. The summed E-state index contributed by atoms with van der Waals surface area (Å²) in [5, 5.41) is 6.37. The van der Waals surface area contributed by atoms with Crippen molar-refractivity contribution in [2.24, 2.45) is 4.99 Å². The van der Waals surface area contributed by atoms with Crippen LogP contribution in [0.1, 0.15) is 60.2 Å². The molecule has 0 fully saturated rings. The number of rotatable bonds is 2. The van der Waals surface area contributed by atoms with E-state index < -0.39 is 0 Å². The fourth-order valence-corrected chi connectivity index (χ4v) is 9.60. The molecule has 0 N–H and O–H groups in total. The van der Waals surface area contributed by atoms with Gasteiger partial charge < -0.3 is 4.57 Å². The van der Waals surface area contributed by atoms with Crippen LogP contribution in [0.25, 0.3) is 54.7 Å². The first-order valence-electron chi connectivity index (χ1n) is 16.8. The zero-order chi connectivity index (χ0) is 31.3. The molecule has 0 saturated carbocycles. The molecule has 2 nitrogen and oxygen atoms in total. The Balaban J connectivity index is 1.26. The summed E-state index contributed by atoms with van der Waals surface area (Å²) in [4.78, 5) is 5.71. The van der Waals surface area contributed by atoms with Gasteiger partial charge in [0, 0.05) is 32.3 Å². The fraction of sp³-hybridized carbons (Fsp3) is 0.159. The van der Waals surface area contributed by atoms with Crippen LogP contribution in [0.15, 0.2) is 120 Å². The molecule has 10 rings (SSSR count). The number of benzene rings is 5. The summed E-state index contributed by atoms with van der Waals surface area (Å²) in [5.74, 6) is 0. The zero-order valence-corrected chi connectivity index (χ0v) is 27.5. The molecule has 3 heteroatoms. The third-order valence-corrected chi connectivity index (χ3v) is 11.9. The molecule has 7 aromatic rings. The van der Waals surface area contributed by atoms with Crippen LogP contribution >= 0.6 is 11.3 Å². The lowest BCUT2D eigenvalue weighted by Gasteiger charge is -2.24. The molecule has 2 aromatic heterocycles. The Labute approximate surface area is 279 Å². The predicted octanol–water partition coefficient (Wildman–Crippen LogP) is 11.9. The highest BCUT2D eigenvalue weighted by molar-refractivity contribution is 7.22. The lowest BCUT2D eigenvalue weighted by Crippen LogP contribution is -2.18. The average molecular weight is 623 g/mol. The van der Waals surface area contributed by atoms with Crippen molar-refractivity contribution < 1.29 is 0 Å². The Morgan fingerprint density at radius 3 is 2.43 bits per heavy atom. The molecule has 0 atom stereocenters. The minimum Gasteiger partial charge on any atom is -0.311 e. The second-order valence-electron chi connectivity index (χ2n) is 13.8. The number of nitrogens with zero attached hydrogens (tertiary/aromatic N) is 2. The predicted molar refractivity (Wildman–Crippen MR) is 201 cm³/mol. The number of aromatic nitrogens is 1. The maximum atomic E-state index is 5.71. The molecule has 2 aliphatic carbocycles. The molecule has 226 valence electrons. The molecule has 0 bridgehead atoms. The summed E-state index contributed by atoms with van der Waals surface area (Å²) >= 11 is 1.83. The average Bonchev–Trinajstić information content (AvgIpc) is 3.68. The summed E-state index contributed by atoms with van der Waals surface area (Å²) in [6, 6.07) is 38.4. The van der Waals surface area contributed by atoms with Gasteiger partial charge in [0.2, 0.25) is 0 Å². The van der Waals surface area contributed by atoms with Crippen LogP contribution in [0.5, 0.6) is 0 Å². The quantitative estimate of drug-likeness (QED) is 0.183. The highest BCUT2D eigenvalue weighted by Crippen LogP contribution is 2.49. The van der Waals surface area contributed by atoms with Crippen molar-refractivity contribution in [1.82, 2.24) is 4.57 Å². The van der Waals surface area contributed by atoms with E-state index in [0.717, 1.165) is 36.4 Å². The van der Waals surface area contributed by atoms with Gasteiger partial charge in [-0.15, -0.1) is 11.3 Å². The lowest BCUT2D eigenvalue weighted by molar-refractivity contribution is 0.660. The summed E-state index contributed by atoms with van der Waals surface area (Å²) in [6.45, 7) is 4.74. The SMILES string of the molecule is CC1(C)c2ccccc2-c2ccc(C3=N/c4sc5ccccc5c4CC/C=C\3n3c4c(c5cc6ccccc6cc53)C=CCC4)cc21. The van der Waals surface area contributed by atoms with Gasteiger partial charge in [0.15, 0.2) is 0 Å². The third-order valence-electron chi connectivity index (χ3n) is 10.8. The standard InChI is InChI=1S/C44H34N2S/c1-44(2)36-18-8-5-14-30(36)31-23-22-29(25-37(31)44)42-39(20-11-17-34-33-16-7-10-21-41(33)47-43(34)45-42)46-38-19-9-6-15-32(38)35-24-27-12-3-4-13-28(27)26-40(35)46/h3-8,10,12-16,18,20-26H,9,11,17,19H2,1-2H3/b39-20+,45-42-. The van der Waals surface area contributed by atoms with E-state index in [0.29, 0.717) is 0 Å². The Kier molecular flexibility index (Phi) is 5.78. The fourth-order valence-electron chi connectivity index (χ4n) is 8.47. The zero-order valence-electron chi connectivity index (χ0n) is 26.7. The third kappa shape index (κ3) is 3.93. The first kappa shape index (κ1) is 27.2. The van der Waals surface area contributed by atoms with Crippen LogP contribution in [-0.4, -0.2) is 10.3 Å². The van der Waals surface area contributed by atoms with Gasteiger partial charge in [-0.1, -0.05) is 111 Å². The first-order chi connectivity index (χ1) is 23.1. The van der Waals surface area contributed by atoms with Gasteiger partial charge in [-0.25, -0.2) is 4.99 Å². The Bertz CT molecular complexity index is 2550. The Morgan fingerprint density at radius 2 is 1.51 bits per heavy atom. The van der Waals surface area contributed by atoms with Crippen molar-refractivity contribution in [1.29, 1.82) is 0 Å². The second-order valence-corrected chi connectivity index (χ2v) is 14.8. The Hall–Kier alpha value is -4.99. The monoisotopic (exact) mass is 622 g/mol. The van der Waals surface area contributed by atoms with Crippen LogP contribution in [-0.2, 0) is 18.3 Å². The number of aryl methyl sites for hydroxylation is 1. The van der Waals surface area contributed by atoms with Gasteiger partial charge in [0.1, 0.15) is 5.00 Å². The van der Waals surface area contributed by atoms with Gasteiger partial charge in [-0.05, 0) is 93.9 Å². The highest BCUT2D eigenvalue weighted by atomic mass is 32.1. The van der Waals surface area contributed by atoms with E-state index >= 15 is 0 Å². The molecule has 0 spiro atoms. The van der Waals surface area contributed by atoms with Gasteiger partial charge in [-0.3, -0.25) is 0 Å².